The van der Waals surface area contributed by atoms with Crippen LogP contribution in [0.1, 0.15) is 6.23 Å². The monoisotopic (exact) mass is 348 g/mol. The lowest BCUT2D eigenvalue weighted by atomic mass is 10.1. The first-order chi connectivity index (χ1) is 10.8. The molecule has 5 N–H and O–H groups in total. The van der Waals surface area contributed by atoms with E-state index < -0.39 is 44.7 Å². The Bertz CT molecular complexity index is 815. The van der Waals surface area contributed by atoms with E-state index in [0.29, 0.717) is 5.52 Å². The van der Waals surface area contributed by atoms with Gasteiger partial charge in [-0.05, 0) is 0 Å². The highest BCUT2D eigenvalue weighted by molar-refractivity contribution is 7.46. The third-order valence-corrected chi connectivity index (χ3v) is 3.87. The standard InChI is InChI=1S/C10H13N4O8P/c15-6-5(2-21-23(18,19)20)22-9(7(6)16)14-3-12-8-4(14)1-11-10(17)13-8/h1,3,5-7,9,15-16H,2H2,(H,11,13,17)(H2,18,19,20)/t5-,6-,7+,9+/m0/s1. The Hall–Kier alpha value is -1.66. The highest BCUT2D eigenvalue weighted by Crippen LogP contribution is 2.38. The number of phosphoric ester groups is 1. The van der Waals surface area contributed by atoms with Crippen LogP contribution < -0.4 is 5.69 Å². The number of aliphatic hydroxyl groups is 2. The Morgan fingerprint density at radius 3 is 2.78 bits per heavy atom. The number of fused-ring (bicyclic) bond motifs is 1. The molecule has 0 radical (unpaired) electrons. The molecule has 3 heterocycles. The summed E-state index contributed by atoms with van der Waals surface area (Å²) in [6, 6.07) is 0. The van der Waals surface area contributed by atoms with Gasteiger partial charge in [-0.2, -0.15) is 4.98 Å². The normalized spacial score (nSPS) is 28.5. The zero-order valence-electron chi connectivity index (χ0n) is 11.4. The molecule has 0 bridgehead atoms. The van der Waals surface area contributed by atoms with Crippen molar-refractivity contribution in [3.05, 3.63) is 23.0 Å². The van der Waals surface area contributed by atoms with Crippen LogP contribution in [0.3, 0.4) is 0 Å². The predicted molar refractivity (Wildman–Crippen MR) is 72.1 cm³/mol. The Morgan fingerprint density at radius 2 is 2.09 bits per heavy atom. The number of H-pyrrole nitrogens is 1. The fourth-order valence-electron chi connectivity index (χ4n) is 2.32. The molecular weight excluding hydrogens is 335 g/mol. The van der Waals surface area contributed by atoms with Crippen LogP contribution in [-0.4, -0.2) is 64.4 Å². The Balaban J connectivity index is 1.85. The van der Waals surface area contributed by atoms with Crippen LogP contribution in [0.15, 0.2) is 17.3 Å². The minimum atomic E-state index is -4.73. The highest BCUT2D eigenvalue weighted by atomic mass is 31.2. The first-order valence-corrected chi connectivity index (χ1v) is 7.93. The third kappa shape index (κ3) is 3.19. The van der Waals surface area contributed by atoms with Gasteiger partial charge in [0.2, 0.25) is 0 Å². The number of ether oxygens (including phenoxy) is 1. The quantitative estimate of drug-likeness (QED) is 0.382. The van der Waals surface area contributed by atoms with Crippen molar-refractivity contribution in [1.82, 2.24) is 19.5 Å². The van der Waals surface area contributed by atoms with Crippen LogP contribution in [0.25, 0.3) is 11.2 Å². The number of aromatic nitrogens is 4. The molecule has 0 aromatic carbocycles. The lowest BCUT2D eigenvalue weighted by Crippen LogP contribution is -2.33. The summed E-state index contributed by atoms with van der Waals surface area (Å²) < 4.78 is 21.7. The van der Waals surface area contributed by atoms with Gasteiger partial charge < -0.3 is 24.7 Å². The van der Waals surface area contributed by atoms with Crippen LogP contribution in [0.2, 0.25) is 0 Å². The summed E-state index contributed by atoms with van der Waals surface area (Å²) in [6.07, 6.45) is -2.58. The average Bonchev–Trinajstić information content (AvgIpc) is 2.99. The summed E-state index contributed by atoms with van der Waals surface area (Å²) in [5.74, 6) is 0. The van der Waals surface area contributed by atoms with E-state index in [1.54, 1.807) is 0 Å². The van der Waals surface area contributed by atoms with Gasteiger partial charge in [-0.25, -0.2) is 14.3 Å². The summed E-state index contributed by atoms with van der Waals surface area (Å²) in [7, 11) is -4.73. The van der Waals surface area contributed by atoms with Gasteiger partial charge in [-0.1, -0.05) is 0 Å². The van der Waals surface area contributed by atoms with Crippen molar-refractivity contribution >= 4 is 19.0 Å². The number of hydrogen-bond acceptors (Lipinski definition) is 8. The van der Waals surface area contributed by atoms with Crippen LogP contribution in [0.4, 0.5) is 0 Å². The van der Waals surface area contributed by atoms with Crippen molar-refractivity contribution in [2.75, 3.05) is 6.61 Å². The summed E-state index contributed by atoms with van der Waals surface area (Å²) in [6.45, 7) is -0.610. The average molecular weight is 348 g/mol. The van der Waals surface area contributed by atoms with E-state index in [-0.39, 0.29) is 5.65 Å². The van der Waals surface area contributed by atoms with Crippen LogP contribution in [-0.2, 0) is 13.8 Å². The van der Waals surface area contributed by atoms with Crippen molar-refractivity contribution in [2.24, 2.45) is 0 Å². The molecule has 4 atom stereocenters. The van der Waals surface area contributed by atoms with Gasteiger partial charge >= 0.3 is 13.5 Å². The number of nitrogens with one attached hydrogen (secondary N) is 1. The zero-order valence-corrected chi connectivity index (χ0v) is 12.3. The highest BCUT2D eigenvalue weighted by Gasteiger charge is 2.45. The number of rotatable bonds is 4. The fraction of sp³-hybridized carbons (Fsp3) is 0.500. The molecule has 0 aliphatic carbocycles. The van der Waals surface area contributed by atoms with Gasteiger partial charge in [0.25, 0.3) is 0 Å². The van der Waals surface area contributed by atoms with Crippen LogP contribution in [0, 0.1) is 0 Å². The lowest BCUT2D eigenvalue weighted by molar-refractivity contribution is -0.0501. The predicted octanol–water partition coefficient (Wildman–Crippen LogP) is -2.15. The van der Waals surface area contributed by atoms with Crippen molar-refractivity contribution in [3.63, 3.8) is 0 Å². The minimum absolute atomic E-state index is 0.213. The number of aliphatic hydroxyl groups excluding tert-OH is 2. The van der Waals surface area contributed by atoms with Crippen LogP contribution in [0.5, 0.6) is 0 Å². The molecule has 23 heavy (non-hydrogen) atoms. The molecule has 2 aromatic heterocycles. The molecular formula is C10H13N4O8P. The minimum Gasteiger partial charge on any atom is -0.387 e. The van der Waals surface area contributed by atoms with Crippen LogP contribution >= 0.6 is 7.82 Å². The second-order valence-corrected chi connectivity index (χ2v) is 6.15. The molecule has 1 fully saturated rings. The third-order valence-electron chi connectivity index (χ3n) is 3.38. The molecule has 12 nitrogen and oxygen atoms in total. The Labute approximate surface area is 127 Å². The number of aromatic amines is 1. The number of phosphoric acid groups is 1. The molecule has 126 valence electrons. The Kier molecular flexibility index (Phi) is 4.06. The topological polar surface area (TPSA) is 180 Å². The molecule has 2 aromatic rings. The maximum absolute atomic E-state index is 11.1. The SMILES string of the molecule is O=c1ncc2c(ncn2[C@@H]2O[C@@H](COP(=O)(O)O)[C@H](O)[C@H]2O)[nH]1. The molecule has 1 saturated heterocycles. The maximum Gasteiger partial charge on any atom is 0.469 e. The van der Waals surface area contributed by atoms with Gasteiger partial charge in [-0.3, -0.25) is 14.1 Å². The second-order valence-electron chi connectivity index (χ2n) is 4.91. The number of hydrogen-bond donors (Lipinski definition) is 5. The molecule has 13 heteroatoms. The van der Waals surface area contributed by atoms with E-state index in [1.807, 2.05) is 0 Å². The van der Waals surface area contributed by atoms with E-state index in [1.165, 1.54) is 17.1 Å². The molecule has 0 amide bonds. The summed E-state index contributed by atoms with van der Waals surface area (Å²) in [5.41, 5.74) is -0.0359. The molecule has 0 unspecified atom stereocenters. The number of nitrogens with zero attached hydrogens (tertiary/aromatic N) is 3. The fourth-order valence-corrected chi connectivity index (χ4v) is 2.66. The van der Waals surface area contributed by atoms with Crippen molar-refractivity contribution in [2.45, 2.75) is 24.5 Å². The Morgan fingerprint density at radius 1 is 1.35 bits per heavy atom. The van der Waals surface area contributed by atoms with E-state index in [4.69, 9.17) is 14.5 Å². The van der Waals surface area contributed by atoms with Crippen molar-refractivity contribution in [3.8, 4) is 0 Å². The molecule has 3 rings (SSSR count). The second kappa shape index (κ2) is 5.76. The van der Waals surface area contributed by atoms with Crippen molar-refractivity contribution in [1.29, 1.82) is 0 Å². The van der Waals surface area contributed by atoms with Gasteiger partial charge in [0, 0.05) is 0 Å². The van der Waals surface area contributed by atoms with E-state index in [9.17, 15) is 19.6 Å². The van der Waals surface area contributed by atoms with E-state index >= 15 is 0 Å². The maximum atomic E-state index is 11.1. The van der Waals surface area contributed by atoms with Gasteiger partial charge in [0.05, 0.1) is 19.1 Å². The molecule has 0 saturated carbocycles. The summed E-state index contributed by atoms with van der Waals surface area (Å²) >= 11 is 0. The van der Waals surface area contributed by atoms with Gasteiger partial charge in [0.15, 0.2) is 11.9 Å². The first kappa shape index (κ1) is 16.2. The van der Waals surface area contributed by atoms with Crippen molar-refractivity contribution < 1.29 is 33.8 Å². The van der Waals surface area contributed by atoms with Gasteiger partial charge in [0.1, 0.15) is 23.8 Å². The summed E-state index contributed by atoms with van der Waals surface area (Å²) in [4.78, 5) is 38.4. The summed E-state index contributed by atoms with van der Waals surface area (Å²) in [5, 5.41) is 20.0. The van der Waals surface area contributed by atoms with E-state index in [2.05, 4.69) is 19.5 Å². The molecule has 1 aliphatic heterocycles. The van der Waals surface area contributed by atoms with E-state index in [0.717, 1.165) is 0 Å². The largest absolute Gasteiger partial charge is 0.469 e. The molecule has 1 aliphatic rings. The zero-order chi connectivity index (χ0) is 16.8. The smallest absolute Gasteiger partial charge is 0.387 e. The number of imidazole rings is 1. The first-order valence-electron chi connectivity index (χ1n) is 6.40. The van der Waals surface area contributed by atoms with Gasteiger partial charge in [-0.15, -0.1) is 0 Å². The lowest BCUT2D eigenvalue weighted by Gasteiger charge is -2.16. The molecule has 0 spiro atoms.